The first-order chi connectivity index (χ1) is 12.8. The van der Waals surface area contributed by atoms with Gasteiger partial charge in [-0.2, -0.15) is 0 Å². The van der Waals surface area contributed by atoms with Crippen LogP contribution in [0.4, 0.5) is 11.4 Å². The van der Waals surface area contributed by atoms with Gasteiger partial charge in [0.15, 0.2) is 0 Å². The van der Waals surface area contributed by atoms with Crippen molar-refractivity contribution in [3.05, 3.63) is 58.6 Å². The predicted molar refractivity (Wildman–Crippen MR) is 109 cm³/mol. The van der Waals surface area contributed by atoms with Gasteiger partial charge in [0.25, 0.3) is 0 Å². The summed E-state index contributed by atoms with van der Waals surface area (Å²) in [6, 6.07) is 12.4. The number of nitrogens with one attached hydrogen (secondary N) is 1. The zero-order chi connectivity index (χ0) is 19.2. The minimum Gasteiger partial charge on any atom is -0.374 e. The van der Waals surface area contributed by atoms with Crippen molar-refractivity contribution in [1.82, 2.24) is 0 Å². The van der Waals surface area contributed by atoms with Crippen LogP contribution in [0.2, 0.25) is 5.02 Å². The summed E-state index contributed by atoms with van der Waals surface area (Å²) in [6.07, 6.45) is 3.05. The summed E-state index contributed by atoms with van der Waals surface area (Å²) < 4.78 is 27.7. The highest BCUT2D eigenvalue weighted by Crippen LogP contribution is 2.48. The summed E-state index contributed by atoms with van der Waals surface area (Å²) in [6.45, 7) is 2.16. The molecule has 2 aromatic carbocycles. The van der Waals surface area contributed by atoms with E-state index in [1.54, 1.807) is 30.3 Å². The van der Waals surface area contributed by atoms with Gasteiger partial charge in [-0.1, -0.05) is 23.7 Å². The lowest BCUT2D eigenvalue weighted by Gasteiger charge is -2.40. The molecule has 4 rings (SSSR count). The number of halogens is 1. The van der Waals surface area contributed by atoms with Crippen molar-refractivity contribution in [2.75, 3.05) is 9.62 Å². The van der Waals surface area contributed by atoms with Crippen LogP contribution >= 0.6 is 11.6 Å². The molecule has 2 aliphatic rings. The Morgan fingerprint density at radius 3 is 2.59 bits per heavy atom. The lowest BCUT2D eigenvalue weighted by molar-refractivity contribution is 0.141. The molecule has 1 heterocycles. The number of rotatable bonds is 5. The fourth-order valence-corrected chi connectivity index (χ4v) is 5.06. The predicted octanol–water partition coefficient (Wildman–Crippen LogP) is 3.91. The zero-order valence-electron chi connectivity index (χ0n) is 15.2. The van der Waals surface area contributed by atoms with Crippen LogP contribution in [0.3, 0.4) is 0 Å². The summed E-state index contributed by atoms with van der Waals surface area (Å²) in [5, 5.41) is 11.0. The number of nitrogens with zero attached hydrogens (tertiary/aromatic N) is 1. The third kappa shape index (κ3) is 3.93. The van der Waals surface area contributed by atoms with Gasteiger partial charge in [0.2, 0.25) is 10.0 Å². The van der Waals surface area contributed by atoms with Crippen LogP contribution in [0.5, 0.6) is 0 Å². The van der Waals surface area contributed by atoms with E-state index in [0.29, 0.717) is 22.7 Å². The first kappa shape index (κ1) is 18.6. The number of benzene rings is 2. The monoisotopic (exact) mass is 406 g/mol. The van der Waals surface area contributed by atoms with Gasteiger partial charge >= 0.3 is 0 Å². The Labute approximate surface area is 165 Å². The fourth-order valence-electron chi connectivity index (χ4n) is 3.75. The van der Waals surface area contributed by atoms with Crippen LogP contribution < -0.4 is 9.62 Å². The summed E-state index contributed by atoms with van der Waals surface area (Å²) >= 11 is 5.85. The van der Waals surface area contributed by atoms with Crippen LogP contribution in [0, 0.1) is 0 Å². The van der Waals surface area contributed by atoms with Gasteiger partial charge in [-0.3, -0.25) is 4.72 Å². The molecule has 27 heavy (non-hydrogen) atoms. The van der Waals surface area contributed by atoms with Crippen LogP contribution in [-0.2, 0) is 22.2 Å². The van der Waals surface area contributed by atoms with Crippen LogP contribution in [0.25, 0.3) is 0 Å². The second-order valence-electron chi connectivity index (χ2n) is 7.72. The Balaban J connectivity index is 1.54. The number of aliphatic hydroxyl groups excluding tert-OH is 1. The smallest absolute Gasteiger partial charge is 0.236 e. The van der Waals surface area contributed by atoms with Gasteiger partial charge in [-0.25, -0.2) is 8.42 Å². The van der Waals surface area contributed by atoms with E-state index in [1.165, 1.54) is 0 Å². The molecule has 7 heteroatoms. The summed E-state index contributed by atoms with van der Waals surface area (Å²) in [7, 11) is -3.52. The Hall–Kier alpha value is -1.76. The third-order valence-corrected chi connectivity index (χ3v) is 6.92. The highest BCUT2D eigenvalue weighted by Gasteiger charge is 2.47. The molecule has 0 amide bonds. The van der Waals surface area contributed by atoms with E-state index in [2.05, 4.69) is 16.5 Å². The molecule has 1 aliphatic carbocycles. The van der Waals surface area contributed by atoms with Crippen molar-refractivity contribution in [2.45, 2.75) is 50.1 Å². The molecule has 1 aliphatic heterocycles. The first-order valence-corrected chi connectivity index (χ1v) is 11.1. The summed E-state index contributed by atoms with van der Waals surface area (Å²) in [5.41, 5.74) is 3.33. The average Bonchev–Trinajstić information content (AvgIpc) is 3.34. The zero-order valence-corrected chi connectivity index (χ0v) is 16.7. The Morgan fingerprint density at radius 1 is 1.22 bits per heavy atom. The number of sulfonamides is 1. The Bertz CT molecular complexity index is 956. The molecule has 0 radical (unpaired) electrons. The van der Waals surface area contributed by atoms with E-state index in [4.69, 9.17) is 11.6 Å². The number of hydrogen-bond acceptors (Lipinski definition) is 4. The van der Waals surface area contributed by atoms with Crippen molar-refractivity contribution in [3.8, 4) is 0 Å². The third-order valence-electron chi connectivity index (χ3n) is 5.41. The lowest BCUT2D eigenvalue weighted by Crippen LogP contribution is -2.46. The van der Waals surface area contributed by atoms with Gasteiger partial charge < -0.3 is 10.0 Å². The molecule has 0 aromatic heterocycles. The number of aryl methyl sites for hydroxylation is 1. The van der Waals surface area contributed by atoms with Crippen molar-refractivity contribution in [3.63, 3.8) is 0 Å². The van der Waals surface area contributed by atoms with Gasteiger partial charge in [0.05, 0.1) is 5.75 Å². The summed E-state index contributed by atoms with van der Waals surface area (Å²) in [5.74, 6) is -0.107. The molecule has 2 N–H and O–H groups in total. The molecule has 1 saturated carbocycles. The highest BCUT2D eigenvalue weighted by molar-refractivity contribution is 7.91. The van der Waals surface area contributed by atoms with Gasteiger partial charge in [0.1, 0.15) is 6.23 Å². The van der Waals surface area contributed by atoms with E-state index >= 15 is 0 Å². The molecule has 144 valence electrons. The van der Waals surface area contributed by atoms with Crippen LogP contribution in [0.1, 0.15) is 37.3 Å². The standard InChI is InChI=1S/C20H23ClN2O3S/c1-20(10-11-20)23-18-8-7-17(12-15(18)4-9-19(23)24)22-27(25,26)13-14-2-5-16(21)6-3-14/h2-3,5-8,12,19,22,24H,4,9-11,13H2,1H3. The topological polar surface area (TPSA) is 69.6 Å². The molecule has 1 fully saturated rings. The lowest BCUT2D eigenvalue weighted by atomic mass is 9.97. The number of hydrogen-bond donors (Lipinski definition) is 2. The number of fused-ring (bicyclic) bond motifs is 1. The Kier molecular flexibility index (Phi) is 4.61. The van der Waals surface area contributed by atoms with E-state index in [0.717, 1.165) is 30.5 Å². The van der Waals surface area contributed by atoms with E-state index in [1.807, 2.05) is 12.1 Å². The van der Waals surface area contributed by atoms with Crippen molar-refractivity contribution in [1.29, 1.82) is 0 Å². The second kappa shape index (κ2) is 6.69. The van der Waals surface area contributed by atoms with Crippen molar-refractivity contribution in [2.24, 2.45) is 0 Å². The molecule has 0 bridgehead atoms. The minimum absolute atomic E-state index is 0.0180. The van der Waals surface area contributed by atoms with E-state index in [9.17, 15) is 13.5 Å². The molecular formula is C20H23ClN2O3S. The van der Waals surface area contributed by atoms with Gasteiger partial charge in [-0.05, 0) is 74.1 Å². The number of aliphatic hydroxyl groups is 1. The highest BCUT2D eigenvalue weighted by atomic mass is 35.5. The number of anilines is 2. The van der Waals surface area contributed by atoms with Gasteiger partial charge in [0, 0.05) is 21.9 Å². The maximum Gasteiger partial charge on any atom is 0.236 e. The molecule has 0 spiro atoms. The largest absolute Gasteiger partial charge is 0.374 e. The molecule has 1 unspecified atom stereocenters. The quantitative estimate of drug-likeness (QED) is 0.789. The molecular weight excluding hydrogens is 384 g/mol. The maximum absolute atomic E-state index is 12.5. The molecule has 5 nitrogen and oxygen atoms in total. The molecule has 0 saturated heterocycles. The van der Waals surface area contributed by atoms with E-state index in [-0.39, 0.29) is 11.3 Å². The average molecular weight is 407 g/mol. The summed E-state index contributed by atoms with van der Waals surface area (Å²) in [4.78, 5) is 2.10. The molecule has 2 aromatic rings. The normalized spacial score (nSPS) is 20.9. The maximum atomic E-state index is 12.5. The van der Waals surface area contributed by atoms with Gasteiger partial charge in [-0.15, -0.1) is 0 Å². The fraction of sp³-hybridized carbons (Fsp3) is 0.400. The van der Waals surface area contributed by atoms with Crippen molar-refractivity contribution >= 4 is 33.0 Å². The van der Waals surface area contributed by atoms with Crippen LogP contribution in [0.15, 0.2) is 42.5 Å². The Morgan fingerprint density at radius 2 is 1.93 bits per heavy atom. The SMILES string of the molecule is CC1(N2c3ccc(NS(=O)(=O)Cc4ccc(Cl)cc4)cc3CCC2O)CC1. The molecule has 1 atom stereocenters. The van der Waals surface area contributed by atoms with Crippen LogP contribution in [-0.4, -0.2) is 25.3 Å². The second-order valence-corrected chi connectivity index (χ2v) is 9.88. The van der Waals surface area contributed by atoms with Crippen molar-refractivity contribution < 1.29 is 13.5 Å². The first-order valence-electron chi connectivity index (χ1n) is 9.11. The van der Waals surface area contributed by atoms with E-state index < -0.39 is 16.3 Å². The minimum atomic E-state index is -3.52.